The first-order chi connectivity index (χ1) is 4.29. The first-order valence-electron chi connectivity index (χ1n) is 3.64. The highest BCUT2D eigenvalue weighted by Crippen LogP contribution is 2.08. The van der Waals surface area contributed by atoms with Gasteiger partial charge in [-0.1, -0.05) is 26.0 Å². The predicted molar refractivity (Wildman–Crippen MR) is 42.6 cm³/mol. The smallest absolute Gasteiger partial charge is 0.0187 e. The Morgan fingerprint density at radius 2 is 2.00 bits per heavy atom. The van der Waals surface area contributed by atoms with E-state index in [0.29, 0.717) is 0 Å². The molecule has 0 spiro atoms. The lowest BCUT2D eigenvalue weighted by Crippen LogP contribution is -2.11. The molecule has 0 aromatic heterocycles. The maximum atomic E-state index is 3.86. The molecule has 0 aliphatic carbocycles. The van der Waals surface area contributed by atoms with Crippen molar-refractivity contribution >= 4 is 0 Å². The number of nitrogens with zero attached hydrogens (tertiary/aromatic N) is 1. The molecule has 1 rings (SSSR count). The normalized spacial score (nSPS) is 19.2. The van der Waals surface area contributed by atoms with Gasteiger partial charge < -0.3 is 4.90 Å². The van der Waals surface area contributed by atoms with Gasteiger partial charge in [0, 0.05) is 13.1 Å². The molecule has 0 atom stereocenters. The van der Waals surface area contributed by atoms with E-state index in [9.17, 15) is 0 Å². The van der Waals surface area contributed by atoms with Crippen LogP contribution < -0.4 is 0 Å². The van der Waals surface area contributed by atoms with Crippen LogP contribution in [0, 0.1) is 0 Å². The molecule has 0 amide bonds. The van der Waals surface area contributed by atoms with Crippen LogP contribution in [0.1, 0.15) is 20.3 Å². The third kappa shape index (κ3) is 3.31. The number of likely N-dealkylation sites (tertiary alicyclic amines) is 1. The molecular weight excluding hydrogens is 110 g/mol. The van der Waals surface area contributed by atoms with Gasteiger partial charge in [0.25, 0.3) is 0 Å². The average Bonchev–Trinajstić information content (AvgIpc) is 2.20. The van der Waals surface area contributed by atoms with Crippen LogP contribution in [0.15, 0.2) is 12.2 Å². The molecule has 0 bridgehead atoms. The van der Waals surface area contributed by atoms with Gasteiger partial charge in [0.1, 0.15) is 0 Å². The van der Waals surface area contributed by atoms with E-state index >= 15 is 0 Å². The van der Waals surface area contributed by atoms with Crippen molar-refractivity contribution in [3.8, 4) is 0 Å². The molecule has 1 nitrogen and oxygen atoms in total. The fourth-order valence-electron chi connectivity index (χ4n) is 0.889. The van der Waals surface area contributed by atoms with Crippen molar-refractivity contribution in [2.45, 2.75) is 20.3 Å². The molecule has 0 unspecified atom stereocenters. The van der Waals surface area contributed by atoms with E-state index < -0.39 is 0 Å². The van der Waals surface area contributed by atoms with Gasteiger partial charge in [-0.05, 0) is 13.5 Å². The first-order valence-corrected chi connectivity index (χ1v) is 3.64. The summed E-state index contributed by atoms with van der Waals surface area (Å²) in [5, 5.41) is 0. The topological polar surface area (TPSA) is 3.24 Å². The van der Waals surface area contributed by atoms with Gasteiger partial charge in [0.15, 0.2) is 0 Å². The Hall–Kier alpha value is -0.300. The van der Waals surface area contributed by atoms with Crippen molar-refractivity contribution in [2.24, 2.45) is 0 Å². The quantitative estimate of drug-likeness (QED) is 0.449. The average molecular weight is 127 g/mol. The fourth-order valence-corrected chi connectivity index (χ4v) is 0.889. The molecule has 0 aromatic carbocycles. The van der Waals surface area contributed by atoms with Crippen molar-refractivity contribution in [2.75, 3.05) is 20.1 Å². The number of likely N-dealkylation sites (N-methyl/N-ethyl adjacent to an activating group) is 1. The molecule has 1 aliphatic heterocycles. The maximum Gasteiger partial charge on any atom is 0.0187 e. The minimum atomic E-state index is 1.11. The maximum absolute atomic E-state index is 3.86. The van der Waals surface area contributed by atoms with Gasteiger partial charge in [-0.2, -0.15) is 0 Å². The lowest BCUT2D eigenvalue weighted by molar-refractivity contribution is 0.425. The van der Waals surface area contributed by atoms with E-state index in [1.165, 1.54) is 18.5 Å². The third-order valence-corrected chi connectivity index (χ3v) is 1.34. The van der Waals surface area contributed by atoms with Crippen molar-refractivity contribution in [3.05, 3.63) is 12.2 Å². The van der Waals surface area contributed by atoms with Gasteiger partial charge in [0.2, 0.25) is 0 Å². The zero-order valence-electron chi connectivity index (χ0n) is 6.78. The summed E-state index contributed by atoms with van der Waals surface area (Å²) >= 11 is 0. The minimum absolute atomic E-state index is 1.11. The molecule has 1 heteroatoms. The second-order valence-corrected chi connectivity index (χ2v) is 2.24. The molecule has 0 radical (unpaired) electrons. The Morgan fingerprint density at radius 1 is 1.44 bits per heavy atom. The van der Waals surface area contributed by atoms with E-state index in [-0.39, 0.29) is 0 Å². The Labute approximate surface area is 58.4 Å². The molecular formula is C8H17N. The highest BCUT2D eigenvalue weighted by molar-refractivity contribution is 5.02. The van der Waals surface area contributed by atoms with E-state index in [1.54, 1.807) is 0 Å². The molecule has 1 heterocycles. The largest absolute Gasteiger partial charge is 0.302 e. The van der Waals surface area contributed by atoms with Crippen LogP contribution in [0.3, 0.4) is 0 Å². The Kier molecular flexibility index (Phi) is 4.41. The second-order valence-electron chi connectivity index (χ2n) is 2.24. The van der Waals surface area contributed by atoms with Crippen LogP contribution in [0.4, 0.5) is 0 Å². The minimum Gasteiger partial charge on any atom is -0.302 e. The van der Waals surface area contributed by atoms with Crippen LogP contribution in [0.25, 0.3) is 0 Å². The summed E-state index contributed by atoms with van der Waals surface area (Å²) in [4.78, 5) is 2.28. The summed E-state index contributed by atoms with van der Waals surface area (Å²) in [7, 11) is 2.12. The highest BCUT2D eigenvalue weighted by atomic mass is 15.1. The second kappa shape index (κ2) is 4.57. The fraction of sp³-hybridized carbons (Fsp3) is 0.750. The van der Waals surface area contributed by atoms with Crippen LogP contribution in [-0.4, -0.2) is 25.0 Å². The molecule has 54 valence electrons. The molecule has 1 saturated heterocycles. The lowest BCUT2D eigenvalue weighted by Gasteiger charge is -2.01. The number of rotatable bonds is 0. The van der Waals surface area contributed by atoms with Crippen molar-refractivity contribution < 1.29 is 0 Å². The highest BCUT2D eigenvalue weighted by Gasteiger charge is 2.08. The molecule has 0 saturated carbocycles. The molecule has 1 fully saturated rings. The number of hydrogen-bond donors (Lipinski definition) is 0. The monoisotopic (exact) mass is 127 g/mol. The zero-order valence-corrected chi connectivity index (χ0v) is 6.78. The van der Waals surface area contributed by atoms with Crippen molar-refractivity contribution in [1.82, 2.24) is 4.90 Å². The molecule has 0 aromatic rings. The van der Waals surface area contributed by atoms with Crippen LogP contribution in [0.2, 0.25) is 0 Å². The molecule has 1 aliphatic rings. The van der Waals surface area contributed by atoms with Crippen LogP contribution in [0.5, 0.6) is 0 Å². The summed E-state index contributed by atoms with van der Waals surface area (Å²) < 4.78 is 0. The van der Waals surface area contributed by atoms with Gasteiger partial charge >= 0.3 is 0 Å². The number of hydrogen-bond acceptors (Lipinski definition) is 1. The van der Waals surface area contributed by atoms with E-state index in [4.69, 9.17) is 0 Å². The van der Waals surface area contributed by atoms with Crippen LogP contribution >= 0.6 is 0 Å². The van der Waals surface area contributed by atoms with E-state index in [1.807, 2.05) is 13.8 Å². The Morgan fingerprint density at radius 3 is 2.11 bits per heavy atom. The third-order valence-electron chi connectivity index (χ3n) is 1.34. The van der Waals surface area contributed by atoms with Crippen LogP contribution in [-0.2, 0) is 0 Å². The molecule has 9 heavy (non-hydrogen) atoms. The van der Waals surface area contributed by atoms with Crippen molar-refractivity contribution in [3.63, 3.8) is 0 Å². The van der Waals surface area contributed by atoms with Gasteiger partial charge in [0.05, 0.1) is 0 Å². The summed E-state index contributed by atoms with van der Waals surface area (Å²) in [6, 6.07) is 0. The van der Waals surface area contributed by atoms with Gasteiger partial charge in [-0.25, -0.2) is 0 Å². The predicted octanol–water partition coefficient (Wildman–Crippen LogP) is 1.90. The summed E-state index contributed by atoms with van der Waals surface area (Å²) in [6.07, 6.45) is 1.20. The standard InChI is InChI=1S/C6H11N.C2H6/c1-6-3-4-7(2)5-6;1-2/h1,3-5H2,2H3;1-2H3. The summed E-state index contributed by atoms with van der Waals surface area (Å²) in [5.41, 5.74) is 1.38. The van der Waals surface area contributed by atoms with E-state index in [2.05, 4.69) is 18.5 Å². The Balaban J connectivity index is 0.000000291. The van der Waals surface area contributed by atoms with Gasteiger partial charge in [-0.3, -0.25) is 0 Å². The SMILES string of the molecule is C=C1CCN(C)C1.CC. The van der Waals surface area contributed by atoms with Crippen molar-refractivity contribution in [1.29, 1.82) is 0 Å². The first kappa shape index (κ1) is 8.70. The van der Waals surface area contributed by atoms with Gasteiger partial charge in [-0.15, -0.1) is 0 Å². The Bertz CT molecular complexity index is 86.6. The lowest BCUT2D eigenvalue weighted by atomic mass is 10.3. The zero-order chi connectivity index (χ0) is 7.28. The summed E-state index contributed by atoms with van der Waals surface area (Å²) in [5.74, 6) is 0. The summed E-state index contributed by atoms with van der Waals surface area (Å²) in [6.45, 7) is 10.2. The molecule has 0 N–H and O–H groups in total. The van der Waals surface area contributed by atoms with E-state index in [0.717, 1.165) is 6.54 Å².